The molecule has 3 aromatic rings. The maximum Gasteiger partial charge on any atom is 0.271 e. The summed E-state index contributed by atoms with van der Waals surface area (Å²) in [5, 5.41) is 14.8. The summed E-state index contributed by atoms with van der Waals surface area (Å²) in [6, 6.07) is 14.5. The number of hydrazone groups is 1. The van der Waals surface area contributed by atoms with Crippen LogP contribution in [0, 0.1) is 0 Å². The van der Waals surface area contributed by atoms with Crippen molar-refractivity contribution in [2.45, 2.75) is 0 Å². The van der Waals surface area contributed by atoms with Gasteiger partial charge in [0, 0.05) is 17.3 Å². The van der Waals surface area contributed by atoms with E-state index < -0.39 is 0 Å². The molecule has 0 aliphatic rings. The second kappa shape index (κ2) is 8.34. The minimum absolute atomic E-state index is 0.310. The zero-order valence-corrected chi connectivity index (χ0v) is 14.0. The number of hydrogen-bond donors (Lipinski definition) is 1. The maximum absolute atomic E-state index is 12.1. The van der Waals surface area contributed by atoms with Gasteiger partial charge in [0.1, 0.15) is 12.1 Å². The van der Waals surface area contributed by atoms with Crippen LogP contribution in [0.25, 0.3) is 11.8 Å². The summed E-state index contributed by atoms with van der Waals surface area (Å²) in [5.41, 5.74) is 4.63. The number of ether oxygens (including phenoxy) is 1. The molecule has 0 aliphatic carbocycles. The number of benzene rings is 2. The minimum Gasteiger partial charge on any atom is -0.496 e. The predicted molar refractivity (Wildman–Crippen MR) is 97.1 cm³/mol. The van der Waals surface area contributed by atoms with E-state index in [1.165, 1.54) is 17.2 Å². The summed E-state index contributed by atoms with van der Waals surface area (Å²) in [5.74, 6) is 0.457. The van der Waals surface area contributed by atoms with Gasteiger partial charge in [0.25, 0.3) is 5.91 Å². The van der Waals surface area contributed by atoms with Crippen LogP contribution < -0.4 is 10.2 Å². The number of methoxy groups -OCH3 is 1. The van der Waals surface area contributed by atoms with E-state index in [4.69, 9.17) is 4.74 Å². The van der Waals surface area contributed by atoms with Gasteiger partial charge in [-0.2, -0.15) is 5.10 Å². The third-order valence-electron chi connectivity index (χ3n) is 3.48. The Hall–Kier alpha value is -3.81. The molecule has 0 aliphatic heterocycles. The Morgan fingerprint density at radius 3 is 2.73 bits per heavy atom. The van der Waals surface area contributed by atoms with Crippen molar-refractivity contribution < 1.29 is 9.53 Å². The van der Waals surface area contributed by atoms with E-state index in [0.29, 0.717) is 5.56 Å². The Labute approximate surface area is 149 Å². The molecule has 0 fully saturated rings. The zero-order chi connectivity index (χ0) is 18.2. The van der Waals surface area contributed by atoms with Crippen LogP contribution in [-0.2, 0) is 0 Å². The average molecular weight is 348 g/mol. The highest BCUT2D eigenvalue weighted by molar-refractivity contribution is 5.94. The van der Waals surface area contributed by atoms with Crippen LogP contribution in [0.15, 0.2) is 66.0 Å². The number of nitrogens with one attached hydrogen (secondary N) is 1. The van der Waals surface area contributed by atoms with Gasteiger partial charge in [-0.05, 0) is 52.9 Å². The van der Waals surface area contributed by atoms with Crippen LogP contribution in [0.4, 0.5) is 0 Å². The van der Waals surface area contributed by atoms with Gasteiger partial charge in [0.15, 0.2) is 0 Å². The first-order valence-corrected chi connectivity index (χ1v) is 7.74. The lowest BCUT2D eigenvalue weighted by molar-refractivity contribution is 0.0955. The van der Waals surface area contributed by atoms with Crippen LogP contribution in [0.2, 0.25) is 0 Å². The number of para-hydroxylation sites is 1. The van der Waals surface area contributed by atoms with Crippen molar-refractivity contribution in [2.24, 2.45) is 5.10 Å². The fourth-order valence-electron chi connectivity index (χ4n) is 2.20. The highest BCUT2D eigenvalue weighted by Crippen LogP contribution is 2.18. The van der Waals surface area contributed by atoms with Crippen molar-refractivity contribution in [3.63, 3.8) is 0 Å². The summed E-state index contributed by atoms with van der Waals surface area (Å²) in [7, 11) is 1.62. The zero-order valence-electron chi connectivity index (χ0n) is 14.0. The molecule has 2 aromatic carbocycles. The molecule has 0 spiro atoms. The third kappa shape index (κ3) is 4.18. The normalized spacial score (nSPS) is 11.1. The summed E-state index contributed by atoms with van der Waals surface area (Å²) < 4.78 is 6.76. The van der Waals surface area contributed by atoms with E-state index in [0.717, 1.165) is 17.0 Å². The second-order valence-corrected chi connectivity index (χ2v) is 5.12. The molecule has 0 radical (unpaired) electrons. The number of hydrogen-bond acceptors (Lipinski definition) is 6. The average Bonchev–Trinajstić information content (AvgIpc) is 3.23. The van der Waals surface area contributed by atoms with Gasteiger partial charge in [-0.3, -0.25) is 4.79 Å². The smallest absolute Gasteiger partial charge is 0.271 e. The van der Waals surface area contributed by atoms with Crippen molar-refractivity contribution >= 4 is 18.2 Å². The van der Waals surface area contributed by atoms with E-state index in [2.05, 4.69) is 26.1 Å². The van der Waals surface area contributed by atoms with E-state index in [1.807, 2.05) is 30.3 Å². The largest absolute Gasteiger partial charge is 0.496 e. The number of tetrazole rings is 1. The van der Waals surface area contributed by atoms with Gasteiger partial charge < -0.3 is 4.74 Å². The lowest BCUT2D eigenvalue weighted by atomic mass is 10.2. The second-order valence-electron chi connectivity index (χ2n) is 5.12. The summed E-state index contributed by atoms with van der Waals surface area (Å²) in [6.07, 6.45) is 6.54. The highest BCUT2D eigenvalue weighted by atomic mass is 16.5. The quantitative estimate of drug-likeness (QED) is 0.544. The van der Waals surface area contributed by atoms with Crippen molar-refractivity contribution in [3.05, 3.63) is 72.1 Å². The van der Waals surface area contributed by atoms with E-state index >= 15 is 0 Å². The van der Waals surface area contributed by atoms with Crippen LogP contribution in [0.1, 0.15) is 15.9 Å². The number of nitrogens with zero attached hydrogens (tertiary/aromatic N) is 5. The predicted octanol–water partition coefficient (Wildman–Crippen LogP) is 2.10. The summed E-state index contributed by atoms with van der Waals surface area (Å²) >= 11 is 0. The molecule has 0 saturated carbocycles. The van der Waals surface area contributed by atoms with Crippen LogP contribution >= 0.6 is 0 Å². The Balaban J connectivity index is 1.56. The first-order valence-electron chi connectivity index (χ1n) is 7.74. The maximum atomic E-state index is 12.1. The lowest BCUT2D eigenvalue weighted by Gasteiger charge is -2.02. The topological polar surface area (TPSA) is 94.3 Å². The number of allylic oxidation sites excluding steroid dienone is 1. The summed E-state index contributed by atoms with van der Waals surface area (Å²) in [4.78, 5) is 12.1. The molecule has 0 atom stereocenters. The molecule has 0 bridgehead atoms. The fourth-order valence-corrected chi connectivity index (χ4v) is 2.20. The Bertz CT molecular complexity index is 917. The molecular weight excluding hydrogens is 332 g/mol. The Kier molecular flexibility index (Phi) is 5.46. The van der Waals surface area contributed by atoms with Crippen LogP contribution in [0.3, 0.4) is 0 Å². The molecular formula is C18H16N6O2. The Morgan fingerprint density at radius 1 is 1.19 bits per heavy atom. The van der Waals surface area contributed by atoms with Gasteiger partial charge in [0.05, 0.1) is 12.8 Å². The third-order valence-corrected chi connectivity index (χ3v) is 3.48. The molecule has 1 heterocycles. The van der Waals surface area contributed by atoms with Crippen molar-refractivity contribution in [3.8, 4) is 11.4 Å². The van der Waals surface area contributed by atoms with Crippen molar-refractivity contribution in [1.82, 2.24) is 25.6 Å². The summed E-state index contributed by atoms with van der Waals surface area (Å²) in [6.45, 7) is 0. The van der Waals surface area contributed by atoms with Crippen LogP contribution in [0.5, 0.6) is 5.75 Å². The van der Waals surface area contributed by atoms with Crippen LogP contribution in [-0.4, -0.2) is 39.4 Å². The van der Waals surface area contributed by atoms with Crippen molar-refractivity contribution in [1.29, 1.82) is 0 Å². The molecule has 1 N–H and O–H groups in total. The molecule has 8 heteroatoms. The van der Waals surface area contributed by atoms with Gasteiger partial charge in [-0.15, -0.1) is 5.10 Å². The van der Waals surface area contributed by atoms with Gasteiger partial charge in [0.2, 0.25) is 0 Å². The number of aromatic nitrogens is 4. The fraction of sp³-hybridized carbons (Fsp3) is 0.0556. The standard InChI is InChI=1S/C18H16N6O2/c1-26-17-7-3-2-5-14(17)6-4-12-19-21-18(25)15-8-10-16(11-9-15)24-13-20-22-23-24/h2-13H,1H3,(H,21,25)/b6-4+,19-12+. The van der Waals surface area contributed by atoms with Crippen molar-refractivity contribution in [2.75, 3.05) is 7.11 Å². The molecule has 0 unspecified atom stereocenters. The first-order chi connectivity index (χ1) is 12.8. The minimum atomic E-state index is -0.310. The number of amides is 1. The number of rotatable bonds is 6. The molecule has 0 saturated heterocycles. The number of carbonyl (C=O) groups is 1. The lowest BCUT2D eigenvalue weighted by Crippen LogP contribution is -2.17. The van der Waals surface area contributed by atoms with Gasteiger partial charge >= 0.3 is 0 Å². The van der Waals surface area contributed by atoms with E-state index in [-0.39, 0.29) is 5.91 Å². The molecule has 1 amide bonds. The number of carbonyl (C=O) groups excluding carboxylic acids is 1. The SMILES string of the molecule is COc1ccccc1/C=C/C=N/NC(=O)c1ccc(-n2cnnn2)cc1. The van der Waals surface area contributed by atoms with E-state index in [1.54, 1.807) is 37.5 Å². The molecule has 26 heavy (non-hydrogen) atoms. The first kappa shape index (κ1) is 17.0. The monoisotopic (exact) mass is 348 g/mol. The van der Waals surface area contributed by atoms with Gasteiger partial charge in [-0.1, -0.05) is 18.2 Å². The highest BCUT2D eigenvalue weighted by Gasteiger charge is 2.05. The molecule has 8 nitrogen and oxygen atoms in total. The molecule has 130 valence electrons. The molecule has 1 aromatic heterocycles. The van der Waals surface area contributed by atoms with Gasteiger partial charge in [-0.25, -0.2) is 10.1 Å². The van der Waals surface area contributed by atoms with E-state index in [9.17, 15) is 4.79 Å². The Morgan fingerprint density at radius 2 is 2.00 bits per heavy atom. The molecule has 3 rings (SSSR count).